The summed E-state index contributed by atoms with van der Waals surface area (Å²) in [7, 11) is 0. The van der Waals surface area contributed by atoms with Crippen molar-refractivity contribution in [1.82, 2.24) is 0 Å². The SMILES string of the molecule is N#CCc1ccc(OCc2c(N)cccc2Br)cc1. The maximum Gasteiger partial charge on any atom is 0.119 e. The van der Waals surface area contributed by atoms with Crippen LogP contribution in [0.2, 0.25) is 0 Å². The Bertz CT molecular complexity index is 582. The molecule has 0 atom stereocenters. The molecule has 0 aromatic heterocycles. The highest BCUT2D eigenvalue weighted by atomic mass is 79.9. The lowest BCUT2D eigenvalue weighted by Crippen LogP contribution is -2.01. The van der Waals surface area contributed by atoms with Gasteiger partial charge in [-0.3, -0.25) is 0 Å². The topological polar surface area (TPSA) is 59.0 Å². The van der Waals surface area contributed by atoms with Crippen LogP contribution in [0.4, 0.5) is 5.69 Å². The molecule has 2 aromatic rings. The van der Waals surface area contributed by atoms with Gasteiger partial charge in [0.15, 0.2) is 0 Å². The fourth-order valence-corrected chi connectivity index (χ4v) is 2.17. The number of nitriles is 1. The first-order valence-corrected chi connectivity index (χ1v) is 6.61. The molecule has 19 heavy (non-hydrogen) atoms. The number of anilines is 1. The molecule has 0 aliphatic heterocycles. The third-order valence-corrected chi connectivity index (χ3v) is 3.49. The van der Waals surface area contributed by atoms with Crippen LogP contribution in [0.15, 0.2) is 46.9 Å². The highest BCUT2D eigenvalue weighted by Crippen LogP contribution is 2.24. The number of ether oxygens (including phenoxy) is 1. The van der Waals surface area contributed by atoms with Crippen molar-refractivity contribution in [2.24, 2.45) is 0 Å². The highest BCUT2D eigenvalue weighted by Gasteiger charge is 2.05. The zero-order valence-electron chi connectivity index (χ0n) is 10.3. The van der Waals surface area contributed by atoms with Gasteiger partial charge in [0.1, 0.15) is 12.4 Å². The molecule has 4 heteroatoms. The first-order chi connectivity index (χ1) is 9.20. The molecule has 0 fully saturated rings. The van der Waals surface area contributed by atoms with Crippen LogP contribution in [-0.2, 0) is 13.0 Å². The van der Waals surface area contributed by atoms with Crippen molar-refractivity contribution < 1.29 is 4.74 Å². The molecular weight excluding hydrogens is 304 g/mol. The van der Waals surface area contributed by atoms with Crippen molar-refractivity contribution in [3.63, 3.8) is 0 Å². The largest absolute Gasteiger partial charge is 0.489 e. The van der Waals surface area contributed by atoms with Crippen LogP contribution in [-0.4, -0.2) is 0 Å². The standard InChI is InChI=1S/C15H13BrN2O/c16-14-2-1-3-15(18)13(14)10-19-12-6-4-11(5-7-12)8-9-17/h1-7H,8,10,18H2. The Morgan fingerprint density at radius 2 is 1.89 bits per heavy atom. The second-order valence-corrected chi connectivity index (χ2v) is 4.93. The van der Waals surface area contributed by atoms with Gasteiger partial charge in [-0.25, -0.2) is 0 Å². The first kappa shape index (κ1) is 13.4. The van der Waals surface area contributed by atoms with Crippen LogP contribution in [0.1, 0.15) is 11.1 Å². The van der Waals surface area contributed by atoms with E-state index in [9.17, 15) is 0 Å². The number of nitrogen functional groups attached to an aromatic ring is 1. The van der Waals surface area contributed by atoms with Crippen LogP contribution < -0.4 is 10.5 Å². The molecule has 0 aliphatic carbocycles. The van der Waals surface area contributed by atoms with E-state index in [1.807, 2.05) is 42.5 Å². The molecule has 2 aromatic carbocycles. The Morgan fingerprint density at radius 3 is 2.53 bits per heavy atom. The maximum atomic E-state index is 8.60. The van der Waals surface area contributed by atoms with E-state index in [2.05, 4.69) is 22.0 Å². The zero-order valence-corrected chi connectivity index (χ0v) is 11.9. The molecule has 3 nitrogen and oxygen atoms in total. The average molecular weight is 317 g/mol. The molecule has 0 aliphatic rings. The van der Waals surface area contributed by atoms with Gasteiger partial charge in [-0.05, 0) is 29.8 Å². The van der Waals surface area contributed by atoms with E-state index in [0.717, 1.165) is 21.3 Å². The summed E-state index contributed by atoms with van der Waals surface area (Å²) in [5, 5.41) is 8.60. The van der Waals surface area contributed by atoms with E-state index in [1.54, 1.807) is 0 Å². The Morgan fingerprint density at radius 1 is 1.16 bits per heavy atom. The fraction of sp³-hybridized carbons (Fsp3) is 0.133. The predicted octanol–water partition coefficient (Wildman–Crippen LogP) is 3.68. The molecule has 2 rings (SSSR count). The van der Waals surface area contributed by atoms with E-state index in [-0.39, 0.29) is 0 Å². The van der Waals surface area contributed by atoms with Crippen LogP contribution in [0.5, 0.6) is 5.75 Å². The van der Waals surface area contributed by atoms with Crippen LogP contribution >= 0.6 is 15.9 Å². The maximum absolute atomic E-state index is 8.60. The van der Waals surface area contributed by atoms with Crippen LogP contribution in [0, 0.1) is 11.3 Å². The highest BCUT2D eigenvalue weighted by molar-refractivity contribution is 9.10. The van der Waals surface area contributed by atoms with Gasteiger partial charge in [0, 0.05) is 15.7 Å². The summed E-state index contributed by atoms with van der Waals surface area (Å²) in [6.45, 7) is 0.408. The lowest BCUT2D eigenvalue weighted by molar-refractivity contribution is 0.306. The van der Waals surface area contributed by atoms with E-state index < -0.39 is 0 Å². The van der Waals surface area contributed by atoms with E-state index in [0.29, 0.717) is 18.7 Å². The van der Waals surface area contributed by atoms with Gasteiger partial charge in [-0.1, -0.05) is 34.1 Å². The number of halogens is 1. The molecule has 0 heterocycles. The Hall–Kier alpha value is -1.99. The van der Waals surface area contributed by atoms with Crippen molar-refractivity contribution in [1.29, 1.82) is 5.26 Å². The molecule has 0 saturated heterocycles. The Balaban J connectivity index is 2.04. The van der Waals surface area contributed by atoms with E-state index in [4.69, 9.17) is 15.7 Å². The second kappa shape index (κ2) is 6.26. The second-order valence-electron chi connectivity index (χ2n) is 4.08. The third-order valence-electron chi connectivity index (χ3n) is 2.74. The summed E-state index contributed by atoms with van der Waals surface area (Å²) in [4.78, 5) is 0. The van der Waals surface area contributed by atoms with Crippen molar-refractivity contribution in [3.8, 4) is 11.8 Å². The number of nitrogens with zero attached hydrogens (tertiary/aromatic N) is 1. The van der Waals surface area contributed by atoms with Gasteiger partial charge in [-0.15, -0.1) is 0 Å². The molecule has 0 amide bonds. The predicted molar refractivity (Wildman–Crippen MR) is 78.6 cm³/mol. The lowest BCUT2D eigenvalue weighted by Gasteiger charge is -2.10. The van der Waals surface area contributed by atoms with Gasteiger partial charge in [0.2, 0.25) is 0 Å². The summed E-state index contributed by atoms with van der Waals surface area (Å²) in [5.41, 5.74) is 8.52. The molecular formula is C15H13BrN2O. The summed E-state index contributed by atoms with van der Waals surface area (Å²) >= 11 is 3.46. The van der Waals surface area contributed by atoms with E-state index in [1.165, 1.54) is 0 Å². The summed E-state index contributed by atoms with van der Waals surface area (Å²) in [6, 6.07) is 15.3. The quantitative estimate of drug-likeness (QED) is 0.875. The van der Waals surface area contributed by atoms with E-state index >= 15 is 0 Å². The number of benzene rings is 2. The molecule has 2 N–H and O–H groups in total. The monoisotopic (exact) mass is 316 g/mol. The minimum atomic E-state index is 0.408. The number of nitrogens with two attached hydrogens (primary N) is 1. The fourth-order valence-electron chi connectivity index (χ4n) is 1.68. The van der Waals surface area contributed by atoms with Crippen LogP contribution in [0.25, 0.3) is 0 Å². The average Bonchev–Trinajstić information content (AvgIpc) is 2.40. The van der Waals surface area contributed by atoms with Gasteiger partial charge in [0.25, 0.3) is 0 Å². The summed E-state index contributed by atoms with van der Waals surface area (Å²) in [5.74, 6) is 0.761. The Kier molecular flexibility index (Phi) is 4.43. The molecule has 0 spiro atoms. The number of hydrogen-bond acceptors (Lipinski definition) is 3. The zero-order chi connectivity index (χ0) is 13.7. The molecule has 0 bridgehead atoms. The normalized spacial score (nSPS) is 9.89. The van der Waals surface area contributed by atoms with Crippen molar-refractivity contribution in [2.45, 2.75) is 13.0 Å². The molecule has 0 unspecified atom stereocenters. The van der Waals surface area contributed by atoms with Crippen molar-refractivity contribution in [3.05, 3.63) is 58.1 Å². The smallest absolute Gasteiger partial charge is 0.119 e. The number of hydrogen-bond donors (Lipinski definition) is 1. The summed E-state index contributed by atoms with van der Waals surface area (Å²) in [6.07, 6.45) is 0.414. The van der Waals surface area contributed by atoms with Crippen molar-refractivity contribution >= 4 is 21.6 Å². The van der Waals surface area contributed by atoms with Crippen molar-refractivity contribution in [2.75, 3.05) is 5.73 Å². The molecule has 0 radical (unpaired) electrons. The third kappa shape index (κ3) is 3.49. The minimum Gasteiger partial charge on any atom is -0.489 e. The number of rotatable bonds is 4. The minimum absolute atomic E-state index is 0.408. The van der Waals surface area contributed by atoms with Gasteiger partial charge in [0.05, 0.1) is 12.5 Å². The summed E-state index contributed by atoms with van der Waals surface area (Å²) < 4.78 is 6.63. The van der Waals surface area contributed by atoms with Gasteiger partial charge in [-0.2, -0.15) is 5.26 Å². The van der Waals surface area contributed by atoms with Gasteiger partial charge >= 0.3 is 0 Å². The molecule has 96 valence electrons. The molecule has 0 saturated carbocycles. The van der Waals surface area contributed by atoms with Crippen LogP contribution in [0.3, 0.4) is 0 Å². The van der Waals surface area contributed by atoms with Gasteiger partial charge < -0.3 is 10.5 Å². The lowest BCUT2D eigenvalue weighted by atomic mass is 10.1. The first-order valence-electron chi connectivity index (χ1n) is 5.82. The Labute approximate surface area is 120 Å².